The van der Waals surface area contributed by atoms with Crippen LogP contribution in [0.2, 0.25) is 0 Å². The minimum absolute atomic E-state index is 0.245. The fourth-order valence-corrected chi connectivity index (χ4v) is 3.12. The van der Waals surface area contributed by atoms with E-state index in [0.29, 0.717) is 6.42 Å². The molecule has 0 spiro atoms. The van der Waals surface area contributed by atoms with Gasteiger partial charge in [-0.15, -0.1) is 0 Å². The van der Waals surface area contributed by atoms with E-state index < -0.39 is 0 Å². The van der Waals surface area contributed by atoms with Crippen LogP contribution in [0.15, 0.2) is 28.7 Å². The van der Waals surface area contributed by atoms with E-state index in [2.05, 4.69) is 20.8 Å². The summed E-state index contributed by atoms with van der Waals surface area (Å²) in [6, 6.07) is 7.70. The molecule has 2 nitrogen and oxygen atoms in total. The van der Waals surface area contributed by atoms with Gasteiger partial charge in [-0.05, 0) is 32.0 Å². The minimum Gasteiger partial charge on any atom is -0.303 e. The number of rotatable bonds is 4. The molecule has 0 atom stereocenters. The van der Waals surface area contributed by atoms with Gasteiger partial charge >= 0.3 is 0 Å². The van der Waals surface area contributed by atoms with E-state index in [1.807, 2.05) is 24.3 Å². The zero-order chi connectivity index (χ0) is 13.5. The van der Waals surface area contributed by atoms with Crippen LogP contribution in [-0.4, -0.2) is 30.3 Å². The number of hydrogen-bond acceptors (Lipinski definition) is 2. The van der Waals surface area contributed by atoms with Crippen LogP contribution in [0, 0.1) is 0 Å². The third-order valence-corrected chi connectivity index (χ3v) is 4.47. The van der Waals surface area contributed by atoms with E-state index in [-0.39, 0.29) is 5.78 Å². The molecule has 3 heteroatoms. The summed E-state index contributed by atoms with van der Waals surface area (Å²) in [5, 5.41) is 0. The summed E-state index contributed by atoms with van der Waals surface area (Å²) in [6.07, 6.45) is 7.25. The number of carbonyl (C=O) groups excluding carboxylic acids is 1. The van der Waals surface area contributed by atoms with Crippen LogP contribution in [0.3, 0.4) is 0 Å². The van der Waals surface area contributed by atoms with Crippen LogP contribution < -0.4 is 0 Å². The maximum atomic E-state index is 12.2. The van der Waals surface area contributed by atoms with Gasteiger partial charge in [0.15, 0.2) is 5.78 Å². The zero-order valence-corrected chi connectivity index (χ0v) is 13.0. The Morgan fingerprint density at radius 2 is 1.68 bits per heavy atom. The Balaban J connectivity index is 1.84. The highest BCUT2D eigenvalue weighted by molar-refractivity contribution is 9.10. The number of nitrogens with zero attached hydrogens (tertiary/aromatic N) is 1. The van der Waals surface area contributed by atoms with Crippen LogP contribution in [0.5, 0.6) is 0 Å². The van der Waals surface area contributed by atoms with Gasteiger partial charge in [0.2, 0.25) is 0 Å². The monoisotopic (exact) mass is 323 g/mol. The van der Waals surface area contributed by atoms with Gasteiger partial charge < -0.3 is 4.90 Å². The number of halogens is 1. The first kappa shape index (κ1) is 14.7. The highest BCUT2D eigenvalue weighted by Gasteiger charge is 2.13. The van der Waals surface area contributed by atoms with Crippen molar-refractivity contribution in [1.29, 1.82) is 0 Å². The molecule has 1 aromatic carbocycles. The summed E-state index contributed by atoms with van der Waals surface area (Å²) < 4.78 is 0.910. The third kappa shape index (κ3) is 4.73. The highest BCUT2D eigenvalue weighted by Crippen LogP contribution is 2.18. The Bertz CT molecular complexity index is 411. The van der Waals surface area contributed by atoms with Gasteiger partial charge in [0.05, 0.1) is 0 Å². The van der Waals surface area contributed by atoms with Gasteiger partial charge in [-0.2, -0.15) is 0 Å². The maximum Gasteiger partial charge on any atom is 0.165 e. The van der Waals surface area contributed by atoms with E-state index in [4.69, 9.17) is 0 Å². The third-order valence-electron chi connectivity index (χ3n) is 3.78. The average molecular weight is 324 g/mol. The van der Waals surface area contributed by atoms with Crippen molar-refractivity contribution in [3.63, 3.8) is 0 Å². The molecule has 1 aliphatic rings. The number of Topliss-reactive ketones (excluding diaryl/α,β-unsaturated/α-hetero) is 1. The Morgan fingerprint density at radius 1 is 1.05 bits per heavy atom. The molecule has 0 unspecified atom stereocenters. The lowest BCUT2D eigenvalue weighted by molar-refractivity contribution is 0.0961. The lowest BCUT2D eigenvalue weighted by atomic mass is 10.1. The fraction of sp³-hybridized carbons (Fsp3) is 0.562. The largest absolute Gasteiger partial charge is 0.303 e. The number of ketones is 1. The molecule has 104 valence electrons. The molecular weight excluding hydrogens is 302 g/mol. The predicted octanol–water partition coefficient (Wildman–Crippen LogP) is 4.29. The van der Waals surface area contributed by atoms with E-state index in [9.17, 15) is 4.79 Å². The van der Waals surface area contributed by atoms with Crippen LogP contribution in [0.4, 0.5) is 0 Å². The molecular formula is C16H22BrNO. The normalized spacial score (nSPS) is 17.7. The Morgan fingerprint density at radius 3 is 2.37 bits per heavy atom. The standard InChI is InChI=1S/C16H22BrNO/c17-15-9-5-4-8-14(15)16(19)10-13-18-11-6-2-1-3-7-12-18/h4-5,8-9H,1-3,6-7,10-13H2. The number of carbonyl (C=O) groups is 1. The predicted molar refractivity (Wildman–Crippen MR) is 82.6 cm³/mol. The van der Waals surface area contributed by atoms with Crippen LogP contribution in [-0.2, 0) is 0 Å². The first-order chi connectivity index (χ1) is 9.27. The first-order valence-corrected chi connectivity index (χ1v) is 8.07. The van der Waals surface area contributed by atoms with Crippen molar-refractivity contribution in [2.75, 3.05) is 19.6 Å². The molecule has 0 N–H and O–H groups in total. The zero-order valence-electron chi connectivity index (χ0n) is 11.4. The van der Waals surface area contributed by atoms with Crippen molar-refractivity contribution in [3.05, 3.63) is 34.3 Å². The summed E-state index contributed by atoms with van der Waals surface area (Å²) in [5.41, 5.74) is 0.814. The first-order valence-electron chi connectivity index (χ1n) is 7.27. The Kier molecular flexibility index (Phi) is 6.05. The molecule has 1 heterocycles. The lowest BCUT2D eigenvalue weighted by Crippen LogP contribution is -2.29. The molecule has 2 rings (SSSR count). The maximum absolute atomic E-state index is 12.2. The van der Waals surface area contributed by atoms with Gasteiger partial charge in [0.1, 0.15) is 0 Å². The molecule has 0 bridgehead atoms. The smallest absolute Gasteiger partial charge is 0.165 e. The van der Waals surface area contributed by atoms with Crippen LogP contribution in [0.25, 0.3) is 0 Å². The molecule has 0 aromatic heterocycles. The highest BCUT2D eigenvalue weighted by atomic mass is 79.9. The summed E-state index contributed by atoms with van der Waals surface area (Å²) in [7, 11) is 0. The fourth-order valence-electron chi connectivity index (χ4n) is 2.62. The molecule has 0 amide bonds. The van der Waals surface area contributed by atoms with E-state index >= 15 is 0 Å². The summed E-state index contributed by atoms with van der Waals surface area (Å²) in [5.74, 6) is 0.245. The summed E-state index contributed by atoms with van der Waals surface area (Å²) in [6.45, 7) is 3.21. The van der Waals surface area contributed by atoms with Gasteiger partial charge in [-0.1, -0.05) is 53.4 Å². The summed E-state index contributed by atoms with van der Waals surface area (Å²) in [4.78, 5) is 14.7. The molecule has 0 radical (unpaired) electrons. The quantitative estimate of drug-likeness (QED) is 0.770. The number of likely N-dealkylation sites (tertiary alicyclic amines) is 1. The molecule has 1 fully saturated rings. The SMILES string of the molecule is O=C(CCN1CCCCCCC1)c1ccccc1Br. The van der Waals surface area contributed by atoms with Gasteiger partial charge in [0.25, 0.3) is 0 Å². The van der Waals surface area contributed by atoms with Crippen molar-refractivity contribution < 1.29 is 4.79 Å². The second kappa shape index (κ2) is 7.81. The minimum atomic E-state index is 0.245. The molecule has 1 aromatic rings. The number of benzene rings is 1. The Labute approximate surface area is 124 Å². The van der Waals surface area contributed by atoms with Crippen molar-refractivity contribution >= 4 is 21.7 Å². The second-order valence-corrected chi connectivity index (χ2v) is 6.12. The molecule has 19 heavy (non-hydrogen) atoms. The molecule has 0 aliphatic carbocycles. The second-order valence-electron chi connectivity index (χ2n) is 5.26. The topological polar surface area (TPSA) is 20.3 Å². The van der Waals surface area contributed by atoms with Crippen LogP contribution >= 0.6 is 15.9 Å². The van der Waals surface area contributed by atoms with Crippen molar-refractivity contribution in [2.45, 2.75) is 38.5 Å². The van der Waals surface area contributed by atoms with Gasteiger partial charge in [0, 0.05) is 23.0 Å². The number of hydrogen-bond donors (Lipinski definition) is 0. The summed E-state index contributed by atoms with van der Waals surface area (Å²) >= 11 is 3.45. The van der Waals surface area contributed by atoms with E-state index in [1.165, 1.54) is 32.1 Å². The molecule has 0 saturated carbocycles. The van der Waals surface area contributed by atoms with Crippen molar-refractivity contribution in [2.24, 2.45) is 0 Å². The van der Waals surface area contributed by atoms with E-state index in [1.54, 1.807) is 0 Å². The van der Waals surface area contributed by atoms with Crippen molar-refractivity contribution in [1.82, 2.24) is 4.90 Å². The molecule has 1 saturated heterocycles. The van der Waals surface area contributed by atoms with E-state index in [0.717, 1.165) is 29.7 Å². The lowest BCUT2D eigenvalue weighted by Gasteiger charge is -2.24. The van der Waals surface area contributed by atoms with Gasteiger partial charge in [-0.3, -0.25) is 4.79 Å². The molecule has 1 aliphatic heterocycles. The Hall–Kier alpha value is -0.670. The van der Waals surface area contributed by atoms with Crippen molar-refractivity contribution in [3.8, 4) is 0 Å². The van der Waals surface area contributed by atoms with Gasteiger partial charge in [-0.25, -0.2) is 0 Å². The average Bonchev–Trinajstić information content (AvgIpc) is 2.37. The van der Waals surface area contributed by atoms with Crippen LogP contribution in [0.1, 0.15) is 48.9 Å².